The number of carbonyl (C=O) groups excluding carboxylic acids is 5. The summed E-state index contributed by atoms with van der Waals surface area (Å²) in [5, 5.41) is 11.6. The zero-order valence-electron chi connectivity index (χ0n) is 31.6. The number of urea groups is 1. The summed E-state index contributed by atoms with van der Waals surface area (Å²) >= 11 is 0. The van der Waals surface area contributed by atoms with Gasteiger partial charge in [0.15, 0.2) is 0 Å². The molecule has 52 heavy (non-hydrogen) atoms. The quantitative estimate of drug-likeness (QED) is 0.222. The molecule has 5 amide bonds. The molecular formula is C38H58N6O7S. The largest absolute Gasteiger partial charge is 0.347 e. The molecular weight excluding hydrogens is 685 g/mol. The standard InChI is InChI=1S/C38H58N6O7S/c1-37(2,3)29(21-43-19-24-13-9-15-28(24)52(43,50)51)41-36(49)42-32(38(4,5)6)35(48)44-20-23-12-8-14-26(23)30(44)33(46)40-27(18-22-10-7-11-22)31(45)34(47)39-25-16-17-25/h9,15,22-23,25-27,29-30,32H,7-8,10-14,16-21H2,1-6H3,(H,39,47)(H,40,46)(H2,41,42,49)/t23-,26-,27?,29+,30-,32+/m0/s1. The third-order valence-corrected chi connectivity index (χ3v) is 14.0. The van der Waals surface area contributed by atoms with E-state index in [2.05, 4.69) is 21.3 Å². The highest BCUT2D eigenvalue weighted by molar-refractivity contribution is 7.93. The molecule has 2 aliphatic heterocycles. The van der Waals surface area contributed by atoms with E-state index in [1.54, 1.807) is 11.0 Å². The fourth-order valence-corrected chi connectivity index (χ4v) is 10.2. The molecule has 0 aromatic rings. The van der Waals surface area contributed by atoms with Gasteiger partial charge in [0.25, 0.3) is 5.91 Å². The Morgan fingerprint density at radius 2 is 1.58 bits per heavy atom. The molecule has 6 atom stereocenters. The lowest BCUT2D eigenvalue weighted by atomic mass is 9.80. The summed E-state index contributed by atoms with van der Waals surface area (Å²) in [6, 6.07) is -3.96. The van der Waals surface area contributed by atoms with Crippen molar-refractivity contribution in [2.45, 2.75) is 136 Å². The summed E-state index contributed by atoms with van der Waals surface area (Å²) in [5.74, 6) is -1.82. The summed E-state index contributed by atoms with van der Waals surface area (Å²) in [4.78, 5) is 70.8. The molecule has 1 saturated heterocycles. The van der Waals surface area contributed by atoms with Crippen molar-refractivity contribution in [3.63, 3.8) is 0 Å². The van der Waals surface area contributed by atoms with Crippen LogP contribution >= 0.6 is 0 Å². The predicted molar refractivity (Wildman–Crippen MR) is 196 cm³/mol. The molecule has 1 unspecified atom stereocenters. The van der Waals surface area contributed by atoms with Crippen LogP contribution in [0.5, 0.6) is 0 Å². The molecule has 0 spiro atoms. The Balaban J connectivity index is 1.17. The highest BCUT2D eigenvalue weighted by Gasteiger charge is 2.52. The van der Waals surface area contributed by atoms with Crippen molar-refractivity contribution in [1.82, 2.24) is 30.5 Å². The van der Waals surface area contributed by atoms with Crippen molar-refractivity contribution in [3.05, 3.63) is 22.6 Å². The van der Waals surface area contributed by atoms with Crippen molar-refractivity contribution in [1.29, 1.82) is 0 Å². The third kappa shape index (κ3) is 8.12. The van der Waals surface area contributed by atoms with Gasteiger partial charge in [0.2, 0.25) is 27.6 Å². The molecule has 0 bridgehead atoms. The molecule has 2 heterocycles. The van der Waals surface area contributed by atoms with E-state index in [4.69, 9.17) is 0 Å². The van der Waals surface area contributed by atoms with Crippen LogP contribution in [0, 0.1) is 28.6 Å². The van der Waals surface area contributed by atoms with Gasteiger partial charge in [-0.3, -0.25) is 19.2 Å². The Kier molecular flexibility index (Phi) is 10.7. The van der Waals surface area contributed by atoms with Crippen LogP contribution in [0.1, 0.15) is 106 Å². The molecule has 6 rings (SSSR count). The van der Waals surface area contributed by atoms with Gasteiger partial charge in [-0.15, -0.1) is 0 Å². The zero-order valence-corrected chi connectivity index (χ0v) is 32.4. The van der Waals surface area contributed by atoms with E-state index in [0.29, 0.717) is 24.3 Å². The van der Waals surface area contributed by atoms with Gasteiger partial charge >= 0.3 is 6.03 Å². The molecule has 288 valence electrons. The molecule has 0 aromatic heterocycles. The molecule has 13 nitrogen and oxygen atoms in total. The first kappa shape index (κ1) is 38.5. The van der Waals surface area contributed by atoms with Crippen LogP contribution in [-0.2, 0) is 29.2 Å². The number of nitrogens with zero attached hydrogens (tertiary/aromatic N) is 2. The number of ketones is 1. The van der Waals surface area contributed by atoms with Crippen molar-refractivity contribution < 1.29 is 32.4 Å². The summed E-state index contributed by atoms with van der Waals surface area (Å²) < 4.78 is 27.9. The Hall–Kier alpha value is -3.26. The Labute approximate surface area is 308 Å². The Bertz CT molecular complexity index is 1630. The monoisotopic (exact) mass is 742 g/mol. The molecule has 0 radical (unpaired) electrons. The second kappa shape index (κ2) is 14.5. The minimum absolute atomic E-state index is 0.0137. The van der Waals surface area contributed by atoms with Crippen molar-refractivity contribution in [2.24, 2.45) is 28.6 Å². The SMILES string of the molecule is CC(C)(C)[C@H](NC(=O)N[C@H](CN1CC2=C(C=CC2)S1(=O)=O)C(C)(C)C)C(=O)N1C[C@@H]2CCC[C@@H]2[C@H]1C(=O)NC(CC1CCC1)C(=O)C(=O)NC1CC1. The summed E-state index contributed by atoms with van der Waals surface area (Å²) in [6.45, 7) is 12.1. The third-order valence-electron chi connectivity index (χ3n) is 12.1. The first-order chi connectivity index (χ1) is 24.3. The van der Waals surface area contributed by atoms with E-state index in [1.807, 2.05) is 47.6 Å². The minimum atomic E-state index is -3.66. The normalized spacial score (nSPS) is 27.3. The second-order valence-corrected chi connectivity index (χ2v) is 20.1. The lowest BCUT2D eigenvalue weighted by Crippen LogP contribution is -2.62. The molecule has 4 fully saturated rings. The van der Waals surface area contributed by atoms with Gasteiger partial charge < -0.3 is 26.2 Å². The molecule has 4 N–H and O–H groups in total. The van der Waals surface area contributed by atoms with E-state index in [0.717, 1.165) is 56.9 Å². The predicted octanol–water partition coefficient (Wildman–Crippen LogP) is 3.12. The number of likely N-dealkylation sites (tertiary alicyclic amines) is 1. The summed E-state index contributed by atoms with van der Waals surface area (Å²) in [5.41, 5.74) is -0.413. The first-order valence-electron chi connectivity index (χ1n) is 19.3. The molecule has 3 saturated carbocycles. The Morgan fingerprint density at radius 3 is 2.17 bits per heavy atom. The second-order valence-electron chi connectivity index (χ2n) is 18.2. The first-order valence-corrected chi connectivity index (χ1v) is 20.7. The van der Waals surface area contributed by atoms with Crippen LogP contribution in [-0.4, -0.2) is 97.0 Å². The smallest absolute Gasteiger partial charge is 0.315 e. The van der Waals surface area contributed by atoms with Crippen molar-refractivity contribution >= 4 is 39.6 Å². The number of carbonyl (C=O) groups is 5. The van der Waals surface area contributed by atoms with Gasteiger partial charge in [-0.1, -0.05) is 73.3 Å². The minimum Gasteiger partial charge on any atom is -0.347 e. The van der Waals surface area contributed by atoms with Crippen LogP contribution in [0.4, 0.5) is 4.79 Å². The topological polar surface area (TPSA) is 174 Å². The average molecular weight is 743 g/mol. The highest BCUT2D eigenvalue weighted by Crippen LogP contribution is 2.43. The fourth-order valence-electron chi connectivity index (χ4n) is 8.48. The maximum absolute atomic E-state index is 14.6. The lowest BCUT2D eigenvalue weighted by Gasteiger charge is -2.38. The molecule has 14 heteroatoms. The van der Waals surface area contributed by atoms with E-state index < -0.39 is 68.6 Å². The van der Waals surface area contributed by atoms with Gasteiger partial charge in [-0.2, -0.15) is 4.31 Å². The van der Waals surface area contributed by atoms with Gasteiger partial charge in [0.05, 0.1) is 10.9 Å². The summed E-state index contributed by atoms with van der Waals surface area (Å²) in [7, 11) is -3.66. The lowest BCUT2D eigenvalue weighted by molar-refractivity contribution is -0.144. The van der Waals surface area contributed by atoms with E-state index in [1.165, 1.54) is 4.31 Å². The van der Waals surface area contributed by atoms with Crippen LogP contribution in [0.25, 0.3) is 0 Å². The number of nitrogens with one attached hydrogen (secondary N) is 4. The Morgan fingerprint density at radius 1 is 0.885 bits per heavy atom. The van der Waals surface area contributed by atoms with Crippen molar-refractivity contribution in [2.75, 3.05) is 19.6 Å². The zero-order chi connectivity index (χ0) is 37.7. The number of hydrogen-bond donors (Lipinski definition) is 4. The number of rotatable bonds is 12. The highest BCUT2D eigenvalue weighted by atomic mass is 32.2. The van der Waals surface area contributed by atoms with Crippen LogP contribution in [0.15, 0.2) is 22.6 Å². The number of sulfonamides is 1. The van der Waals surface area contributed by atoms with Crippen LogP contribution < -0.4 is 21.3 Å². The van der Waals surface area contributed by atoms with E-state index in [-0.39, 0.29) is 42.8 Å². The average Bonchev–Trinajstić information content (AvgIpc) is 3.33. The molecule has 4 aliphatic carbocycles. The van der Waals surface area contributed by atoms with Gasteiger partial charge in [-0.05, 0) is 78.8 Å². The summed E-state index contributed by atoms with van der Waals surface area (Å²) in [6.07, 6.45) is 11.7. The maximum atomic E-state index is 14.6. The fraction of sp³-hybridized carbons (Fsp3) is 0.763. The molecule has 6 aliphatic rings. The van der Waals surface area contributed by atoms with Gasteiger partial charge in [-0.25, -0.2) is 13.2 Å². The van der Waals surface area contributed by atoms with Crippen molar-refractivity contribution in [3.8, 4) is 0 Å². The van der Waals surface area contributed by atoms with Crippen LogP contribution in [0.3, 0.4) is 0 Å². The van der Waals surface area contributed by atoms with E-state index >= 15 is 0 Å². The number of amides is 5. The van der Waals surface area contributed by atoms with Gasteiger partial charge in [0.1, 0.15) is 12.1 Å². The van der Waals surface area contributed by atoms with E-state index in [9.17, 15) is 32.4 Å². The van der Waals surface area contributed by atoms with Crippen LogP contribution in [0.2, 0.25) is 0 Å². The maximum Gasteiger partial charge on any atom is 0.315 e. The number of fused-ring (bicyclic) bond motifs is 1. The van der Waals surface area contributed by atoms with Gasteiger partial charge in [0, 0.05) is 31.7 Å². The number of allylic oxidation sites excluding steroid dienone is 2. The number of hydrogen-bond acceptors (Lipinski definition) is 7. The number of Topliss-reactive ketones (excluding diaryl/α,β-unsaturated/α-hetero) is 1. The molecule has 0 aromatic carbocycles.